The number of rotatable bonds is 0. The number of ketones is 1. The molecular weight excluding hydrogens is 104 g/mol. The molecule has 0 spiro atoms. The predicted molar refractivity (Wildman–Crippen MR) is 27.1 cm³/mol. The quantitative estimate of drug-likeness (QED) is 0.453. The van der Waals surface area contributed by atoms with Crippen LogP contribution >= 0.6 is 0 Å². The Kier molecular flexibility index (Phi) is 0.583. The number of hydrogen-bond acceptors (Lipinski definition) is 2. The zero-order valence-corrected chi connectivity index (χ0v) is 4.33. The Hall–Kier alpha value is -0.790. The predicted octanol–water partition coefficient (Wildman–Crippen LogP) is 0.488. The summed E-state index contributed by atoms with van der Waals surface area (Å²) < 4.78 is 5.02. The van der Waals surface area contributed by atoms with Crippen LogP contribution < -0.4 is 0 Å². The van der Waals surface area contributed by atoms with Gasteiger partial charge in [-0.1, -0.05) is 0 Å². The lowest BCUT2D eigenvalue weighted by molar-refractivity contribution is -0.117. The highest BCUT2D eigenvalue weighted by molar-refractivity contribution is 5.94. The van der Waals surface area contributed by atoms with Crippen molar-refractivity contribution in [2.75, 3.05) is 0 Å². The number of carbonyl (C=O) groups is 1. The molecule has 1 fully saturated rings. The van der Waals surface area contributed by atoms with Crippen molar-refractivity contribution in [1.29, 1.82) is 0 Å². The molecule has 1 saturated carbocycles. The highest BCUT2D eigenvalue weighted by Crippen LogP contribution is 2.37. The summed E-state index contributed by atoms with van der Waals surface area (Å²) in [5.74, 6) is 0.459. The second-order valence-electron chi connectivity index (χ2n) is 2.22. The third kappa shape index (κ3) is 0.399. The van der Waals surface area contributed by atoms with E-state index in [1.54, 1.807) is 0 Å². The van der Waals surface area contributed by atoms with Gasteiger partial charge in [0.05, 0.1) is 12.2 Å². The maximum atomic E-state index is 10.7. The minimum Gasteiger partial charge on any atom is -0.497 e. The van der Waals surface area contributed by atoms with E-state index < -0.39 is 0 Å². The Morgan fingerprint density at radius 3 is 3.25 bits per heavy atom. The van der Waals surface area contributed by atoms with Crippen molar-refractivity contribution >= 4 is 5.78 Å². The molecule has 0 aromatic heterocycles. The normalized spacial score (nSPS) is 40.8. The molecule has 0 aromatic carbocycles. The summed E-state index contributed by atoms with van der Waals surface area (Å²) in [6.45, 7) is 0. The first-order valence-corrected chi connectivity index (χ1v) is 2.74. The molecule has 2 heteroatoms. The van der Waals surface area contributed by atoms with Crippen molar-refractivity contribution in [3.8, 4) is 0 Å². The summed E-state index contributed by atoms with van der Waals surface area (Å²) >= 11 is 0. The summed E-state index contributed by atoms with van der Waals surface area (Å²) in [7, 11) is 0. The van der Waals surface area contributed by atoms with Crippen LogP contribution in [0.15, 0.2) is 12.3 Å². The van der Waals surface area contributed by atoms with Crippen molar-refractivity contribution in [2.24, 2.45) is 5.92 Å². The molecule has 2 unspecified atom stereocenters. The van der Waals surface area contributed by atoms with Crippen molar-refractivity contribution in [2.45, 2.75) is 12.5 Å². The van der Waals surface area contributed by atoms with Gasteiger partial charge in [-0.25, -0.2) is 0 Å². The fraction of sp³-hybridized carbons (Fsp3) is 0.500. The second kappa shape index (κ2) is 1.13. The van der Waals surface area contributed by atoms with Crippen LogP contribution in [0, 0.1) is 5.92 Å². The van der Waals surface area contributed by atoms with Crippen molar-refractivity contribution in [3.05, 3.63) is 12.3 Å². The van der Waals surface area contributed by atoms with Gasteiger partial charge in [-0.3, -0.25) is 4.79 Å². The van der Waals surface area contributed by atoms with E-state index >= 15 is 0 Å². The first-order chi connectivity index (χ1) is 3.88. The fourth-order valence-electron chi connectivity index (χ4n) is 0.952. The van der Waals surface area contributed by atoms with Gasteiger partial charge in [0, 0.05) is 6.08 Å². The van der Waals surface area contributed by atoms with E-state index in [4.69, 9.17) is 4.74 Å². The molecule has 2 atom stereocenters. The first kappa shape index (κ1) is 4.13. The van der Waals surface area contributed by atoms with Gasteiger partial charge in [0.25, 0.3) is 0 Å². The molecule has 1 heterocycles. The Balaban J connectivity index is 2.24. The summed E-state index contributed by atoms with van der Waals surface area (Å²) in [6, 6.07) is 0. The third-order valence-corrected chi connectivity index (χ3v) is 1.58. The Morgan fingerprint density at radius 2 is 2.62 bits per heavy atom. The molecule has 0 aromatic rings. The number of carbonyl (C=O) groups excluding carboxylic acids is 1. The molecule has 2 rings (SSSR count). The van der Waals surface area contributed by atoms with Gasteiger partial charge in [-0.2, -0.15) is 0 Å². The van der Waals surface area contributed by atoms with Crippen LogP contribution in [0.4, 0.5) is 0 Å². The van der Waals surface area contributed by atoms with E-state index in [0.29, 0.717) is 0 Å². The van der Waals surface area contributed by atoms with Crippen LogP contribution in [0.1, 0.15) is 6.42 Å². The minimum absolute atomic E-state index is 0.222. The third-order valence-electron chi connectivity index (χ3n) is 1.58. The van der Waals surface area contributed by atoms with Gasteiger partial charge in [-0.15, -0.1) is 0 Å². The number of allylic oxidation sites excluding steroid dienone is 1. The van der Waals surface area contributed by atoms with Crippen LogP contribution in [0.3, 0.4) is 0 Å². The van der Waals surface area contributed by atoms with Gasteiger partial charge in [-0.05, 0) is 6.42 Å². The molecule has 0 amide bonds. The van der Waals surface area contributed by atoms with E-state index in [2.05, 4.69) is 0 Å². The van der Waals surface area contributed by atoms with E-state index in [9.17, 15) is 4.79 Å². The fourth-order valence-corrected chi connectivity index (χ4v) is 0.952. The number of hydrogen-bond donors (Lipinski definition) is 0. The van der Waals surface area contributed by atoms with Crippen LogP contribution in [-0.4, -0.2) is 11.9 Å². The van der Waals surface area contributed by atoms with Crippen LogP contribution in [-0.2, 0) is 9.53 Å². The Labute approximate surface area is 47.1 Å². The highest BCUT2D eigenvalue weighted by atomic mass is 16.5. The molecule has 1 aliphatic heterocycles. The Bertz CT molecular complexity index is 160. The lowest BCUT2D eigenvalue weighted by Crippen LogP contribution is -2.06. The summed E-state index contributed by atoms with van der Waals surface area (Å²) in [5, 5.41) is 0. The molecule has 8 heavy (non-hydrogen) atoms. The average Bonchev–Trinajstić information content (AvgIpc) is 2.45. The van der Waals surface area contributed by atoms with Crippen molar-refractivity contribution in [3.63, 3.8) is 0 Å². The molecule has 2 aliphatic rings. The van der Waals surface area contributed by atoms with E-state index in [0.717, 1.165) is 6.42 Å². The second-order valence-corrected chi connectivity index (χ2v) is 2.22. The number of ether oxygens (including phenoxy) is 1. The summed E-state index contributed by atoms with van der Waals surface area (Å²) in [6.07, 6.45) is 4.18. The standard InChI is InChI=1S/C6H6O2/c7-5-1-2-8-6-3-4(5)6/h1-2,4,6H,3H2. The van der Waals surface area contributed by atoms with Crippen molar-refractivity contribution in [1.82, 2.24) is 0 Å². The van der Waals surface area contributed by atoms with E-state index in [-0.39, 0.29) is 17.8 Å². The van der Waals surface area contributed by atoms with E-state index in [1.165, 1.54) is 12.3 Å². The Morgan fingerprint density at radius 1 is 1.75 bits per heavy atom. The first-order valence-electron chi connectivity index (χ1n) is 2.74. The SMILES string of the molecule is O=C1C=COC2CC12. The van der Waals surface area contributed by atoms with Gasteiger partial charge < -0.3 is 4.74 Å². The lowest BCUT2D eigenvalue weighted by atomic mass is 10.2. The van der Waals surface area contributed by atoms with Gasteiger partial charge >= 0.3 is 0 Å². The topological polar surface area (TPSA) is 26.3 Å². The molecule has 1 aliphatic carbocycles. The maximum absolute atomic E-state index is 10.7. The molecule has 0 radical (unpaired) electrons. The molecule has 42 valence electrons. The van der Waals surface area contributed by atoms with Gasteiger partial charge in [0.1, 0.15) is 6.10 Å². The smallest absolute Gasteiger partial charge is 0.165 e. The van der Waals surface area contributed by atoms with E-state index in [1.807, 2.05) is 0 Å². The monoisotopic (exact) mass is 110 g/mol. The molecule has 0 bridgehead atoms. The molecule has 0 N–H and O–H groups in total. The van der Waals surface area contributed by atoms with Crippen LogP contribution in [0.2, 0.25) is 0 Å². The zero-order valence-electron chi connectivity index (χ0n) is 4.33. The number of fused-ring (bicyclic) bond motifs is 1. The van der Waals surface area contributed by atoms with Crippen LogP contribution in [0.5, 0.6) is 0 Å². The van der Waals surface area contributed by atoms with Crippen molar-refractivity contribution < 1.29 is 9.53 Å². The largest absolute Gasteiger partial charge is 0.497 e. The highest BCUT2D eigenvalue weighted by Gasteiger charge is 2.45. The van der Waals surface area contributed by atoms with Gasteiger partial charge in [0.15, 0.2) is 5.78 Å². The van der Waals surface area contributed by atoms with Crippen LogP contribution in [0.25, 0.3) is 0 Å². The summed E-state index contributed by atoms with van der Waals surface area (Å²) in [5.41, 5.74) is 0. The minimum atomic E-state index is 0.222. The maximum Gasteiger partial charge on any atom is 0.165 e. The van der Waals surface area contributed by atoms with Gasteiger partial charge in [0.2, 0.25) is 0 Å². The molecule has 2 nitrogen and oxygen atoms in total. The lowest BCUT2D eigenvalue weighted by Gasteiger charge is -2.00. The average molecular weight is 110 g/mol. The zero-order chi connectivity index (χ0) is 5.56. The molecule has 0 saturated heterocycles. The summed E-state index contributed by atoms with van der Waals surface area (Å²) in [4.78, 5) is 10.7. The molecular formula is C6H6O2.